The molecule has 0 spiro atoms. The summed E-state index contributed by atoms with van der Waals surface area (Å²) in [5, 5.41) is 9.70. The van der Waals surface area contributed by atoms with Gasteiger partial charge in [-0.05, 0) is 46.0 Å². The summed E-state index contributed by atoms with van der Waals surface area (Å²) in [6.45, 7) is 5.99. The Labute approximate surface area is 97.5 Å². The number of aliphatic hydroxyl groups is 1. The monoisotopic (exact) mass is 177 g/mol. The molecule has 1 nitrogen and oxygen atoms in total. The van der Waals surface area contributed by atoms with Crippen molar-refractivity contribution in [2.24, 2.45) is 5.92 Å². The van der Waals surface area contributed by atoms with Crippen LogP contribution < -0.4 is 29.6 Å². The first kappa shape index (κ1) is 12.7. The van der Waals surface area contributed by atoms with E-state index in [2.05, 4.69) is 13.0 Å². The summed E-state index contributed by atoms with van der Waals surface area (Å²) in [4.78, 5) is 0. The smallest absolute Gasteiger partial charge is 0.390 e. The molecular formula is C10H18NaO+. The third-order valence-corrected chi connectivity index (χ3v) is 2.64. The molecule has 0 saturated heterocycles. The van der Waals surface area contributed by atoms with E-state index in [1.807, 2.05) is 13.8 Å². The van der Waals surface area contributed by atoms with Crippen molar-refractivity contribution in [1.29, 1.82) is 0 Å². The largest absolute Gasteiger partial charge is 1.00 e. The minimum Gasteiger partial charge on any atom is -0.390 e. The molecule has 2 heteroatoms. The zero-order chi connectivity index (χ0) is 8.48. The minimum absolute atomic E-state index is 0. The molecule has 0 aromatic rings. The summed E-state index contributed by atoms with van der Waals surface area (Å²) in [6.07, 6.45) is 5.61. The molecule has 0 amide bonds. The van der Waals surface area contributed by atoms with Crippen molar-refractivity contribution in [2.75, 3.05) is 0 Å². The first-order valence-electron chi connectivity index (χ1n) is 4.38. The fraction of sp³-hybridized carbons (Fsp3) is 0.800. The molecule has 12 heavy (non-hydrogen) atoms. The van der Waals surface area contributed by atoms with Gasteiger partial charge in [-0.25, -0.2) is 0 Å². The Balaban J connectivity index is 0.00000121. The van der Waals surface area contributed by atoms with Crippen molar-refractivity contribution in [1.82, 2.24) is 0 Å². The van der Waals surface area contributed by atoms with Gasteiger partial charge in [0.25, 0.3) is 0 Å². The maximum Gasteiger partial charge on any atom is 1.00 e. The van der Waals surface area contributed by atoms with Gasteiger partial charge in [-0.15, -0.1) is 0 Å². The van der Waals surface area contributed by atoms with E-state index in [9.17, 15) is 5.11 Å². The topological polar surface area (TPSA) is 20.2 Å². The maximum absolute atomic E-state index is 9.70. The third-order valence-electron chi connectivity index (χ3n) is 2.64. The summed E-state index contributed by atoms with van der Waals surface area (Å²) < 4.78 is 0. The Hall–Kier alpha value is 0.700. The molecule has 64 valence electrons. The van der Waals surface area contributed by atoms with Crippen molar-refractivity contribution in [3.8, 4) is 0 Å². The molecule has 0 saturated carbocycles. The van der Waals surface area contributed by atoms with Crippen molar-refractivity contribution in [3.05, 3.63) is 11.6 Å². The SMILES string of the molecule is CC1=CCC(C(C)(C)O)CC1.[Na+]. The van der Waals surface area contributed by atoms with Gasteiger partial charge in [0.15, 0.2) is 0 Å². The van der Waals surface area contributed by atoms with Gasteiger partial charge in [-0.3, -0.25) is 0 Å². The quantitative estimate of drug-likeness (QED) is 0.423. The molecule has 1 N–H and O–H groups in total. The minimum atomic E-state index is -0.489. The van der Waals surface area contributed by atoms with Crippen LogP contribution in [-0.4, -0.2) is 10.7 Å². The second-order valence-electron chi connectivity index (χ2n) is 4.18. The number of hydrogen-bond donors (Lipinski definition) is 1. The van der Waals surface area contributed by atoms with E-state index >= 15 is 0 Å². The molecule has 1 unspecified atom stereocenters. The molecule has 1 aliphatic rings. The second kappa shape index (κ2) is 4.80. The van der Waals surface area contributed by atoms with E-state index in [0.29, 0.717) is 5.92 Å². The van der Waals surface area contributed by atoms with E-state index < -0.39 is 5.60 Å². The third kappa shape index (κ3) is 3.61. The number of hydrogen-bond acceptors (Lipinski definition) is 1. The van der Waals surface area contributed by atoms with Crippen LogP contribution in [0.1, 0.15) is 40.0 Å². The summed E-state index contributed by atoms with van der Waals surface area (Å²) >= 11 is 0. The van der Waals surface area contributed by atoms with Crippen LogP contribution in [-0.2, 0) is 0 Å². The Morgan fingerprint density at radius 1 is 1.50 bits per heavy atom. The molecule has 0 aromatic heterocycles. The zero-order valence-corrected chi connectivity index (χ0v) is 10.7. The molecule has 1 atom stereocenters. The molecule has 0 bridgehead atoms. The molecule has 0 fully saturated rings. The first-order valence-corrected chi connectivity index (χ1v) is 4.38. The van der Waals surface area contributed by atoms with Gasteiger partial charge >= 0.3 is 29.6 Å². The Kier molecular flexibility index (Phi) is 5.08. The average molecular weight is 177 g/mol. The summed E-state index contributed by atoms with van der Waals surface area (Å²) in [6, 6.07) is 0. The molecular weight excluding hydrogens is 159 g/mol. The van der Waals surface area contributed by atoms with Gasteiger partial charge in [0.05, 0.1) is 5.60 Å². The fourth-order valence-corrected chi connectivity index (χ4v) is 1.61. The van der Waals surface area contributed by atoms with Gasteiger partial charge in [-0.1, -0.05) is 11.6 Å². The standard InChI is InChI=1S/C10H18O.Na/c1-8-4-6-9(7-5-8)10(2,3)11;/h4,9,11H,5-7H2,1-3H3;/q;+1. The van der Waals surface area contributed by atoms with E-state index in [1.54, 1.807) is 0 Å². The van der Waals surface area contributed by atoms with Crippen LogP contribution >= 0.6 is 0 Å². The van der Waals surface area contributed by atoms with E-state index in [-0.39, 0.29) is 29.6 Å². The summed E-state index contributed by atoms with van der Waals surface area (Å²) in [5.74, 6) is 0.464. The predicted octanol–water partition coefficient (Wildman–Crippen LogP) is -0.492. The van der Waals surface area contributed by atoms with E-state index in [0.717, 1.165) is 19.3 Å². The van der Waals surface area contributed by atoms with Gasteiger partial charge in [0.2, 0.25) is 0 Å². The van der Waals surface area contributed by atoms with E-state index in [4.69, 9.17) is 0 Å². The van der Waals surface area contributed by atoms with Crippen LogP contribution in [0.15, 0.2) is 11.6 Å². The maximum atomic E-state index is 9.70. The Morgan fingerprint density at radius 3 is 2.42 bits per heavy atom. The van der Waals surface area contributed by atoms with Crippen molar-refractivity contribution >= 4 is 0 Å². The Morgan fingerprint density at radius 2 is 2.08 bits per heavy atom. The second-order valence-corrected chi connectivity index (χ2v) is 4.18. The number of rotatable bonds is 1. The van der Waals surface area contributed by atoms with Crippen LogP contribution in [0.2, 0.25) is 0 Å². The first-order chi connectivity index (χ1) is 5.00. The van der Waals surface area contributed by atoms with Crippen molar-refractivity contribution in [2.45, 2.75) is 45.6 Å². The predicted molar refractivity (Wildman–Crippen MR) is 47.4 cm³/mol. The summed E-state index contributed by atoms with van der Waals surface area (Å²) in [5.41, 5.74) is 0.988. The Bertz CT molecular complexity index is 167. The zero-order valence-electron chi connectivity index (χ0n) is 8.72. The fourth-order valence-electron chi connectivity index (χ4n) is 1.61. The molecule has 0 aromatic carbocycles. The molecule has 1 rings (SSSR count). The van der Waals surface area contributed by atoms with Crippen LogP contribution in [0.25, 0.3) is 0 Å². The normalized spacial score (nSPS) is 24.3. The molecule has 0 aliphatic heterocycles. The van der Waals surface area contributed by atoms with Gasteiger partial charge in [0.1, 0.15) is 0 Å². The van der Waals surface area contributed by atoms with Crippen LogP contribution in [0.5, 0.6) is 0 Å². The van der Waals surface area contributed by atoms with Gasteiger partial charge in [-0.2, -0.15) is 0 Å². The molecule has 0 radical (unpaired) electrons. The van der Waals surface area contributed by atoms with Crippen LogP contribution in [0.4, 0.5) is 0 Å². The molecule has 1 aliphatic carbocycles. The summed E-state index contributed by atoms with van der Waals surface area (Å²) in [7, 11) is 0. The van der Waals surface area contributed by atoms with Gasteiger partial charge in [0, 0.05) is 0 Å². The van der Waals surface area contributed by atoms with E-state index in [1.165, 1.54) is 5.57 Å². The molecule has 0 heterocycles. The number of allylic oxidation sites excluding steroid dienone is 2. The van der Waals surface area contributed by atoms with Crippen LogP contribution in [0.3, 0.4) is 0 Å². The van der Waals surface area contributed by atoms with Gasteiger partial charge < -0.3 is 5.11 Å². The average Bonchev–Trinajstić information content (AvgIpc) is 1.86. The van der Waals surface area contributed by atoms with Crippen molar-refractivity contribution in [3.63, 3.8) is 0 Å². The van der Waals surface area contributed by atoms with Crippen molar-refractivity contribution < 1.29 is 34.7 Å². The van der Waals surface area contributed by atoms with Crippen LogP contribution in [0, 0.1) is 5.92 Å².